The molecule has 0 saturated carbocycles. The zero-order valence-electron chi connectivity index (χ0n) is 16.4. The van der Waals surface area contributed by atoms with Gasteiger partial charge < -0.3 is 19.7 Å². The number of fused-ring (bicyclic) bond motifs is 1. The minimum absolute atomic E-state index is 0.00922. The molecule has 1 atom stereocenters. The first-order chi connectivity index (χ1) is 14.2. The standard InChI is InChI=1S/C23H26N2O4/c26-22-15-18(16-25(22)19-7-2-1-3-8-19)23(27)24-11-5-4-6-17-9-10-20-21(14-17)29-13-12-28-20/h1-3,7-10,14,18H,4-6,11-13,15-16H2,(H,24,27). The maximum Gasteiger partial charge on any atom is 0.227 e. The van der Waals surface area contributed by atoms with Crippen LogP contribution >= 0.6 is 0 Å². The van der Waals surface area contributed by atoms with Crippen molar-refractivity contribution in [2.75, 3.05) is 31.2 Å². The van der Waals surface area contributed by atoms with Gasteiger partial charge in [0.05, 0.1) is 5.92 Å². The summed E-state index contributed by atoms with van der Waals surface area (Å²) in [5.41, 5.74) is 2.06. The van der Waals surface area contributed by atoms with Crippen LogP contribution in [-0.2, 0) is 16.0 Å². The number of anilines is 1. The van der Waals surface area contributed by atoms with Crippen LogP contribution in [-0.4, -0.2) is 38.1 Å². The molecule has 1 fully saturated rings. The fourth-order valence-electron chi connectivity index (χ4n) is 3.79. The van der Waals surface area contributed by atoms with E-state index in [0.29, 0.717) is 26.3 Å². The Morgan fingerprint density at radius 1 is 1.03 bits per heavy atom. The Labute approximate surface area is 170 Å². The number of amides is 2. The van der Waals surface area contributed by atoms with E-state index < -0.39 is 0 Å². The number of aryl methyl sites for hydroxylation is 1. The van der Waals surface area contributed by atoms with E-state index >= 15 is 0 Å². The quantitative estimate of drug-likeness (QED) is 0.733. The van der Waals surface area contributed by atoms with Gasteiger partial charge in [0.1, 0.15) is 13.2 Å². The number of nitrogens with one attached hydrogen (secondary N) is 1. The van der Waals surface area contributed by atoms with Gasteiger partial charge in [0, 0.05) is 25.2 Å². The number of ether oxygens (including phenoxy) is 2. The van der Waals surface area contributed by atoms with E-state index in [2.05, 4.69) is 11.4 Å². The van der Waals surface area contributed by atoms with Gasteiger partial charge in [-0.15, -0.1) is 0 Å². The summed E-state index contributed by atoms with van der Waals surface area (Å²) < 4.78 is 11.2. The molecule has 152 valence electrons. The van der Waals surface area contributed by atoms with Crippen molar-refractivity contribution in [3.05, 3.63) is 54.1 Å². The van der Waals surface area contributed by atoms with Crippen molar-refractivity contribution in [3.63, 3.8) is 0 Å². The molecule has 1 N–H and O–H groups in total. The first-order valence-electron chi connectivity index (χ1n) is 10.2. The number of rotatable bonds is 7. The number of benzene rings is 2. The molecular weight excluding hydrogens is 368 g/mol. The molecular formula is C23H26N2O4. The van der Waals surface area contributed by atoms with E-state index in [-0.39, 0.29) is 24.2 Å². The summed E-state index contributed by atoms with van der Waals surface area (Å²) in [5, 5.41) is 2.99. The largest absolute Gasteiger partial charge is 0.486 e. The van der Waals surface area contributed by atoms with Gasteiger partial charge >= 0.3 is 0 Å². The predicted octanol–water partition coefficient (Wildman–Crippen LogP) is 2.95. The number of hydrogen-bond donors (Lipinski definition) is 1. The predicted molar refractivity (Wildman–Crippen MR) is 110 cm³/mol. The van der Waals surface area contributed by atoms with E-state index in [1.807, 2.05) is 42.5 Å². The maximum absolute atomic E-state index is 12.4. The topological polar surface area (TPSA) is 67.9 Å². The van der Waals surface area contributed by atoms with E-state index in [4.69, 9.17) is 9.47 Å². The van der Waals surface area contributed by atoms with Gasteiger partial charge in [-0.3, -0.25) is 9.59 Å². The van der Waals surface area contributed by atoms with Gasteiger partial charge in [-0.25, -0.2) is 0 Å². The van der Waals surface area contributed by atoms with Gasteiger partial charge in [-0.05, 0) is 49.1 Å². The first-order valence-corrected chi connectivity index (χ1v) is 10.2. The summed E-state index contributed by atoms with van der Waals surface area (Å²) in [5.74, 6) is 1.32. The number of hydrogen-bond acceptors (Lipinski definition) is 4. The molecule has 0 aromatic heterocycles. The van der Waals surface area contributed by atoms with Gasteiger partial charge in [0.15, 0.2) is 11.5 Å². The third kappa shape index (κ3) is 4.70. The second-order valence-electron chi connectivity index (χ2n) is 7.47. The third-order valence-electron chi connectivity index (χ3n) is 5.36. The van der Waals surface area contributed by atoms with Gasteiger partial charge in [-0.2, -0.15) is 0 Å². The van der Waals surface area contributed by atoms with Crippen molar-refractivity contribution in [3.8, 4) is 11.5 Å². The molecule has 0 spiro atoms. The van der Waals surface area contributed by atoms with Crippen molar-refractivity contribution in [2.45, 2.75) is 25.7 Å². The van der Waals surface area contributed by atoms with Crippen LogP contribution < -0.4 is 19.7 Å². The number of carbonyl (C=O) groups excluding carboxylic acids is 2. The van der Waals surface area contributed by atoms with E-state index in [1.165, 1.54) is 5.56 Å². The molecule has 4 rings (SSSR count). The van der Waals surface area contributed by atoms with Gasteiger partial charge in [0.25, 0.3) is 0 Å². The molecule has 2 amide bonds. The van der Waals surface area contributed by atoms with Crippen LogP contribution in [0.5, 0.6) is 11.5 Å². The molecule has 2 aromatic carbocycles. The minimum atomic E-state index is -0.277. The lowest BCUT2D eigenvalue weighted by molar-refractivity contribution is -0.126. The van der Waals surface area contributed by atoms with Crippen molar-refractivity contribution in [2.24, 2.45) is 5.92 Å². The Kier molecular flexibility index (Phi) is 5.98. The average molecular weight is 394 g/mol. The molecule has 2 heterocycles. The van der Waals surface area contributed by atoms with Crippen molar-refractivity contribution in [1.82, 2.24) is 5.32 Å². The highest BCUT2D eigenvalue weighted by molar-refractivity contribution is 6.00. The maximum atomic E-state index is 12.4. The Bertz CT molecular complexity index is 868. The van der Waals surface area contributed by atoms with Crippen molar-refractivity contribution in [1.29, 1.82) is 0 Å². The number of para-hydroxylation sites is 1. The normalized spacial score (nSPS) is 18.0. The van der Waals surface area contributed by atoms with Crippen molar-refractivity contribution >= 4 is 17.5 Å². The van der Waals surface area contributed by atoms with Crippen LogP contribution in [0.1, 0.15) is 24.8 Å². The van der Waals surface area contributed by atoms with E-state index in [9.17, 15) is 9.59 Å². The number of nitrogens with zero attached hydrogens (tertiary/aromatic N) is 1. The highest BCUT2D eigenvalue weighted by Crippen LogP contribution is 2.31. The molecule has 1 saturated heterocycles. The summed E-state index contributed by atoms with van der Waals surface area (Å²) in [6.07, 6.45) is 3.07. The molecule has 2 aliphatic rings. The van der Waals surface area contributed by atoms with Gasteiger partial charge in [0.2, 0.25) is 11.8 Å². The summed E-state index contributed by atoms with van der Waals surface area (Å²) in [6.45, 7) is 2.26. The van der Waals surface area contributed by atoms with Crippen LogP contribution in [0.2, 0.25) is 0 Å². The number of carbonyl (C=O) groups is 2. The van der Waals surface area contributed by atoms with Crippen LogP contribution in [0.15, 0.2) is 48.5 Å². The van der Waals surface area contributed by atoms with Crippen LogP contribution in [0.3, 0.4) is 0 Å². The minimum Gasteiger partial charge on any atom is -0.486 e. The highest BCUT2D eigenvalue weighted by atomic mass is 16.6. The lowest BCUT2D eigenvalue weighted by atomic mass is 10.1. The first kappa shape index (κ1) is 19.3. The van der Waals surface area contributed by atoms with E-state index in [1.54, 1.807) is 4.90 Å². The Morgan fingerprint density at radius 3 is 2.66 bits per heavy atom. The lowest BCUT2D eigenvalue weighted by Gasteiger charge is -2.18. The van der Waals surface area contributed by atoms with Crippen molar-refractivity contribution < 1.29 is 19.1 Å². The molecule has 2 aliphatic heterocycles. The van der Waals surface area contributed by atoms with E-state index in [0.717, 1.165) is 36.4 Å². The zero-order valence-corrected chi connectivity index (χ0v) is 16.4. The summed E-state index contributed by atoms with van der Waals surface area (Å²) in [7, 11) is 0. The summed E-state index contributed by atoms with van der Waals surface area (Å²) in [6, 6.07) is 15.6. The third-order valence-corrected chi connectivity index (χ3v) is 5.36. The molecule has 1 unspecified atom stereocenters. The lowest BCUT2D eigenvalue weighted by Crippen LogP contribution is -2.33. The highest BCUT2D eigenvalue weighted by Gasteiger charge is 2.34. The Morgan fingerprint density at radius 2 is 1.83 bits per heavy atom. The fourth-order valence-corrected chi connectivity index (χ4v) is 3.79. The summed E-state index contributed by atoms with van der Waals surface area (Å²) >= 11 is 0. The fraction of sp³-hybridized carbons (Fsp3) is 0.391. The van der Waals surface area contributed by atoms with Crippen LogP contribution in [0.25, 0.3) is 0 Å². The SMILES string of the molecule is O=C(NCCCCc1ccc2c(c1)OCCO2)C1CC(=O)N(c2ccccc2)C1. The molecule has 0 radical (unpaired) electrons. The number of unbranched alkanes of at least 4 members (excludes halogenated alkanes) is 1. The Hall–Kier alpha value is -3.02. The molecule has 29 heavy (non-hydrogen) atoms. The monoisotopic (exact) mass is 394 g/mol. The smallest absolute Gasteiger partial charge is 0.227 e. The van der Waals surface area contributed by atoms with Gasteiger partial charge in [-0.1, -0.05) is 24.3 Å². The second kappa shape index (κ2) is 8.99. The van der Waals surface area contributed by atoms with Crippen LogP contribution in [0.4, 0.5) is 5.69 Å². The molecule has 0 aliphatic carbocycles. The average Bonchev–Trinajstić information content (AvgIpc) is 3.15. The second-order valence-corrected chi connectivity index (χ2v) is 7.47. The van der Waals surface area contributed by atoms with Crippen LogP contribution in [0, 0.1) is 5.92 Å². The Balaban J connectivity index is 1.18. The summed E-state index contributed by atoms with van der Waals surface area (Å²) in [4.78, 5) is 26.4. The zero-order chi connectivity index (χ0) is 20.1. The molecule has 6 heteroatoms. The molecule has 6 nitrogen and oxygen atoms in total. The molecule has 2 aromatic rings. The molecule has 0 bridgehead atoms.